The number of hydrogen-bond donors (Lipinski definition) is 1. The van der Waals surface area contributed by atoms with Crippen LogP contribution in [0.4, 0.5) is 5.13 Å². The highest BCUT2D eigenvalue weighted by atomic mass is 32.1. The highest BCUT2D eigenvalue weighted by Crippen LogP contribution is 2.33. The van der Waals surface area contributed by atoms with Crippen LogP contribution in [0.25, 0.3) is 10.2 Å². The third-order valence-corrected chi connectivity index (χ3v) is 5.91. The Balaban J connectivity index is 1.60. The molecule has 152 valence electrons. The molecule has 0 fully saturated rings. The molecule has 0 saturated heterocycles. The Morgan fingerprint density at radius 3 is 2.83 bits per heavy atom. The average Bonchev–Trinajstić information content (AvgIpc) is 3.13. The first-order chi connectivity index (χ1) is 14.0. The molecule has 2 heterocycles. The van der Waals surface area contributed by atoms with Gasteiger partial charge >= 0.3 is 0 Å². The van der Waals surface area contributed by atoms with Crippen LogP contribution in [0.5, 0.6) is 11.5 Å². The second-order valence-corrected chi connectivity index (χ2v) is 8.64. The highest BCUT2D eigenvalue weighted by Gasteiger charge is 2.33. The quantitative estimate of drug-likeness (QED) is 0.675. The summed E-state index contributed by atoms with van der Waals surface area (Å²) >= 11 is 1.55. The standard InChI is InChI=1S/C22H25N3O3S/c1-15-9-10-16-20(13-15)29-22(23-16)25(12-6-11-24(2)3)21(26)19-14-27-17-7-4-5-8-18(17)28-19/h4-5,7-10,13,19H,6,11-12,14H2,1-3H3/p+1/t19-/m0/s1. The second-order valence-electron chi connectivity index (χ2n) is 7.63. The Labute approximate surface area is 174 Å². The minimum atomic E-state index is -0.676. The number of carbonyl (C=O) groups excluding carboxylic acids is 1. The number of aromatic nitrogens is 1. The molecule has 0 unspecified atom stereocenters. The van der Waals surface area contributed by atoms with Gasteiger partial charge in [0, 0.05) is 13.0 Å². The first-order valence-electron chi connectivity index (χ1n) is 9.87. The van der Waals surface area contributed by atoms with E-state index in [4.69, 9.17) is 14.5 Å². The Bertz CT molecular complexity index is 1020. The number of anilines is 1. The molecule has 4 rings (SSSR count). The lowest BCUT2D eigenvalue weighted by Gasteiger charge is -2.29. The summed E-state index contributed by atoms with van der Waals surface area (Å²) in [5.41, 5.74) is 2.10. The Morgan fingerprint density at radius 1 is 1.24 bits per heavy atom. The van der Waals surface area contributed by atoms with E-state index in [2.05, 4.69) is 27.1 Å². The van der Waals surface area contributed by atoms with Gasteiger partial charge in [0.15, 0.2) is 16.6 Å². The van der Waals surface area contributed by atoms with Crippen molar-refractivity contribution in [3.05, 3.63) is 48.0 Å². The summed E-state index contributed by atoms with van der Waals surface area (Å²) in [6.07, 6.45) is 0.207. The first kappa shape index (κ1) is 19.7. The van der Waals surface area contributed by atoms with Gasteiger partial charge in [0.05, 0.1) is 30.9 Å². The maximum Gasteiger partial charge on any atom is 0.273 e. The number of quaternary nitrogens is 1. The maximum atomic E-state index is 13.4. The number of hydrogen-bond acceptors (Lipinski definition) is 5. The summed E-state index contributed by atoms with van der Waals surface area (Å²) in [5.74, 6) is 1.17. The summed E-state index contributed by atoms with van der Waals surface area (Å²) in [4.78, 5) is 21.3. The van der Waals surface area contributed by atoms with Gasteiger partial charge in [0.25, 0.3) is 5.91 Å². The van der Waals surface area contributed by atoms with Gasteiger partial charge in [-0.05, 0) is 36.8 Å². The Morgan fingerprint density at radius 2 is 2.03 bits per heavy atom. The van der Waals surface area contributed by atoms with E-state index in [-0.39, 0.29) is 12.5 Å². The Hall–Kier alpha value is -2.64. The summed E-state index contributed by atoms with van der Waals surface area (Å²) < 4.78 is 12.8. The van der Waals surface area contributed by atoms with E-state index < -0.39 is 6.10 Å². The number of fused-ring (bicyclic) bond motifs is 2. The minimum absolute atomic E-state index is 0.107. The number of ether oxygens (including phenoxy) is 2. The summed E-state index contributed by atoms with van der Waals surface area (Å²) in [6.45, 7) is 3.84. The molecule has 2 aromatic carbocycles. The fourth-order valence-corrected chi connectivity index (χ4v) is 4.44. The molecule has 0 spiro atoms. The van der Waals surface area contributed by atoms with Crippen molar-refractivity contribution < 1.29 is 19.2 Å². The molecule has 7 heteroatoms. The molecule has 1 atom stereocenters. The van der Waals surface area contributed by atoms with Crippen molar-refractivity contribution in [3.8, 4) is 11.5 Å². The van der Waals surface area contributed by atoms with Crippen LogP contribution in [-0.4, -0.2) is 50.8 Å². The van der Waals surface area contributed by atoms with Crippen LogP contribution in [0.2, 0.25) is 0 Å². The van der Waals surface area contributed by atoms with E-state index in [1.807, 2.05) is 36.4 Å². The van der Waals surface area contributed by atoms with Crippen molar-refractivity contribution in [1.29, 1.82) is 0 Å². The van der Waals surface area contributed by atoms with Crippen molar-refractivity contribution in [2.45, 2.75) is 19.4 Å². The van der Waals surface area contributed by atoms with Crippen LogP contribution in [0.15, 0.2) is 42.5 Å². The predicted octanol–water partition coefficient (Wildman–Crippen LogP) is 2.31. The molecular formula is C22H26N3O3S+. The van der Waals surface area contributed by atoms with Crippen molar-refractivity contribution >= 4 is 32.6 Å². The van der Waals surface area contributed by atoms with E-state index in [1.54, 1.807) is 16.2 Å². The number of nitrogens with zero attached hydrogens (tertiary/aromatic N) is 2. The van der Waals surface area contributed by atoms with E-state index in [1.165, 1.54) is 10.5 Å². The zero-order valence-corrected chi connectivity index (χ0v) is 17.8. The average molecular weight is 413 g/mol. The molecule has 1 N–H and O–H groups in total. The van der Waals surface area contributed by atoms with Crippen molar-refractivity contribution in [3.63, 3.8) is 0 Å². The van der Waals surface area contributed by atoms with Crippen LogP contribution in [0, 0.1) is 6.92 Å². The number of aryl methyl sites for hydroxylation is 1. The second kappa shape index (κ2) is 8.39. The zero-order valence-electron chi connectivity index (χ0n) is 17.0. The van der Waals surface area contributed by atoms with Gasteiger partial charge in [-0.25, -0.2) is 4.98 Å². The van der Waals surface area contributed by atoms with Gasteiger partial charge < -0.3 is 14.4 Å². The molecule has 6 nitrogen and oxygen atoms in total. The van der Waals surface area contributed by atoms with Gasteiger partial charge in [0.2, 0.25) is 6.10 Å². The summed E-state index contributed by atoms with van der Waals surface area (Å²) in [7, 11) is 4.23. The van der Waals surface area contributed by atoms with Crippen molar-refractivity contribution in [1.82, 2.24) is 4.98 Å². The number of nitrogens with one attached hydrogen (secondary N) is 1. The van der Waals surface area contributed by atoms with Gasteiger partial charge in [0.1, 0.15) is 6.61 Å². The van der Waals surface area contributed by atoms with Crippen LogP contribution in [0.1, 0.15) is 12.0 Å². The minimum Gasteiger partial charge on any atom is -0.485 e. The number of thiazole rings is 1. The van der Waals surface area contributed by atoms with E-state index in [9.17, 15) is 4.79 Å². The lowest BCUT2D eigenvalue weighted by Crippen LogP contribution is -3.05. The number of rotatable bonds is 6. The number of para-hydroxylation sites is 2. The highest BCUT2D eigenvalue weighted by molar-refractivity contribution is 7.22. The molecule has 1 amide bonds. The van der Waals surface area contributed by atoms with Gasteiger partial charge in [-0.3, -0.25) is 9.69 Å². The third-order valence-electron chi connectivity index (χ3n) is 4.87. The number of amides is 1. The van der Waals surface area contributed by atoms with Gasteiger partial charge in [-0.2, -0.15) is 0 Å². The topological polar surface area (TPSA) is 56.1 Å². The number of benzene rings is 2. The van der Waals surface area contributed by atoms with Crippen molar-refractivity contribution in [2.75, 3.05) is 38.7 Å². The lowest BCUT2D eigenvalue weighted by molar-refractivity contribution is -0.858. The molecule has 1 aliphatic heterocycles. The SMILES string of the molecule is Cc1ccc2nc(N(CCC[NH+](C)C)C(=O)[C@@H]3COc4ccccc4O3)sc2c1. The van der Waals surface area contributed by atoms with Gasteiger partial charge in [-0.15, -0.1) is 0 Å². The molecule has 29 heavy (non-hydrogen) atoms. The first-order valence-corrected chi connectivity index (χ1v) is 10.7. The fourth-order valence-electron chi connectivity index (χ4n) is 3.34. The van der Waals surface area contributed by atoms with Crippen LogP contribution >= 0.6 is 11.3 Å². The molecule has 1 aliphatic rings. The van der Waals surface area contributed by atoms with E-state index >= 15 is 0 Å². The van der Waals surface area contributed by atoms with Crippen LogP contribution in [-0.2, 0) is 4.79 Å². The molecule has 0 saturated carbocycles. The normalized spacial score (nSPS) is 15.7. The zero-order chi connectivity index (χ0) is 20.4. The molecule has 3 aromatic rings. The number of carbonyl (C=O) groups is 1. The monoisotopic (exact) mass is 412 g/mol. The molecular weight excluding hydrogens is 386 g/mol. The summed E-state index contributed by atoms with van der Waals surface area (Å²) in [5, 5.41) is 0.715. The molecule has 0 radical (unpaired) electrons. The molecule has 0 bridgehead atoms. The smallest absolute Gasteiger partial charge is 0.273 e. The lowest BCUT2D eigenvalue weighted by atomic mass is 10.2. The summed E-state index contributed by atoms with van der Waals surface area (Å²) in [6, 6.07) is 13.6. The predicted molar refractivity (Wildman–Crippen MR) is 115 cm³/mol. The Kier molecular flexibility index (Phi) is 5.69. The van der Waals surface area contributed by atoms with Crippen molar-refractivity contribution in [2.24, 2.45) is 0 Å². The van der Waals surface area contributed by atoms with Crippen LogP contribution in [0.3, 0.4) is 0 Å². The van der Waals surface area contributed by atoms with E-state index in [0.717, 1.165) is 23.2 Å². The van der Waals surface area contributed by atoms with Crippen LogP contribution < -0.4 is 19.3 Å². The third kappa shape index (κ3) is 4.36. The van der Waals surface area contributed by atoms with Gasteiger partial charge in [-0.1, -0.05) is 29.5 Å². The fraction of sp³-hybridized carbons (Fsp3) is 0.364. The maximum absolute atomic E-state index is 13.4. The largest absolute Gasteiger partial charge is 0.485 e. The van der Waals surface area contributed by atoms with E-state index in [0.29, 0.717) is 23.2 Å². The molecule has 0 aliphatic carbocycles. The molecule has 1 aromatic heterocycles.